The van der Waals surface area contributed by atoms with E-state index in [-0.39, 0.29) is 129 Å². The van der Waals surface area contributed by atoms with Crippen LogP contribution in [0.3, 0.4) is 0 Å². The van der Waals surface area contributed by atoms with Gasteiger partial charge in [0.15, 0.2) is 6.29 Å². The maximum atomic E-state index is 13.7. The molecule has 32 heteroatoms. The smallest absolute Gasteiger partial charge is 0.338 e. The summed E-state index contributed by atoms with van der Waals surface area (Å²) in [6, 6.07) is 44.5. The molecule has 123 heavy (non-hydrogen) atoms. The van der Waals surface area contributed by atoms with Crippen molar-refractivity contribution in [3.63, 3.8) is 0 Å². The third-order valence-electron chi connectivity index (χ3n) is 18.4. The van der Waals surface area contributed by atoms with Gasteiger partial charge in [0, 0.05) is 56.3 Å². The van der Waals surface area contributed by atoms with Crippen LogP contribution in [0.4, 0.5) is 0 Å². The molecule has 0 N–H and O–H groups in total. The van der Waals surface area contributed by atoms with Gasteiger partial charge in [-0.05, 0) is 109 Å². The van der Waals surface area contributed by atoms with Crippen LogP contribution in [-0.2, 0) is 75.8 Å². The van der Waals surface area contributed by atoms with Crippen molar-refractivity contribution >= 4 is 98.0 Å². The lowest BCUT2D eigenvalue weighted by molar-refractivity contribution is -0.216. The fourth-order valence-electron chi connectivity index (χ4n) is 11.9. The van der Waals surface area contributed by atoms with Crippen LogP contribution in [-0.4, -0.2) is 249 Å². The van der Waals surface area contributed by atoms with Gasteiger partial charge >= 0.3 is 47.8 Å². The lowest BCUT2D eigenvalue weighted by Gasteiger charge is -2.42. The molecule has 0 bridgehead atoms. The Morgan fingerprint density at radius 2 is 0.350 bits per heavy atom. The highest BCUT2D eigenvalue weighted by Gasteiger charge is 2.44. The Kier molecular flexibility index (Phi) is 41.2. The van der Waals surface area contributed by atoms with Crippen LogP contribution in [0.1, 0.15) is 166 Å². The van der Waals surface area contributed by atoms with Crippen LogP contribution < -0.4 is 0 Å². The van der Waals surface area contributed by atoms with E-state index in [1.165, 1.54) is 194 Å². The van der Waals surface area contributed by atoms with E-state index in [0.29, 0.717) is 50.3 Å². The van der Waals surface area contributed by atoms with Gasteiger partial charge in [-0.3, -0.25) is 38.4 Å². The topological polar surface area (TPSA) is 421 Å². The Morgan fingerprint density at radius 3 is 0.553 bits per heavy atom. The van der Waals surface area contributed by atoms with Crippen molar-refractivity contribution in [1.29, 1.82) is 0 Å². The molecular formula is C91H88O32. The summed E-state index contributed by atoms with van der Waals surface area (Å²) in [6.45, 7) is -9.20. The fourth-order valence-corrected chi connectivity index (χ4v) is 11.9. The number of ether oxygens (including phenoxy) is 16. The maximum absolute atomic E-state index is 13.7. The van der Waals surface area contributed by atoms with Gasteiger partial charge in [0.2, 0.25) is 0 Å². The van der Waals surface area contributed by atoms with Crippen LogP contribution >= 0.6 is 0 Å². The normalized spacial score (nSPS) is 12.1. The Labute approximate surface area is 705 Å². The van der Waals surface area contributed by atoms with Gasteiger partial charge < -0.3 is 75.8 Å². The first-order chi connectivity index (χ1) is 60.0. The summed E-state index contributed by atoms with van der Waals surface area (Å²) < 4.78 is 98.1. The number of carbonyl (C=O) groups excluding carboxylic acids is 16. The molecule has 0 saturated heterocycles. The molecule has 0 saturated carbocycles. The first kappa shape index (κ1) is 95.0. The SMILES string of the molecule is O=Cc1ccc(C(=O)OCCOCC(OCCOC(=O)c2ccc(C=O)cc2)C(COCCOC(=O)c2ccc(C=O)cc2)C(COCCOC(=O)c2ccc(C=O)cc2)C(COCCOC(=O)c2ccc(C=O)cc2)C(COCCOC(=O)c2ccc(C=O)cc2)C(OCCOC(=O)c2ccc(C=O)cc2)OCCOC(=O)c2ccc(C=O)cc2)cc1. The molecule has 0 fully saturated rings. The zero-order valence-corrected chi connectivity index (χ0v) is 66.5. The van der Waals surface area contributed by atoms with Crippen molar-refractivity contribution in [1.82, 2.24) is 0 Å². The van der Waals surface area contributed by atoms with E-state index in [1.54, 1.807) is 0 Å². The highest BCUT2D eigenvalue weighted by Crippen LogP contribution is 2.37. The van der Waals surface area contributed by atoms with Gasteiger partial charge in [-0.15, -0.1) is 0 Å². The summed E-state index contributed by atoms with van der Waals surface area (Å²) in [5.41, 5.74) is 2.75. The second-order valence-electron chi connectivity index (χ2n) is 26.6. The van der Waals surface area contributed by atoms with Crippen molar-refractivity contribution in [3.8, 4) is 0 Å². The zero-order chi connectivity index (χ0) is 87.8. The predicted octanol–water partition coefficient (Wildman–Crippen LogP) is 9.63. The van der Waals surface area contributed by atoms with E-state index in [4.69, 9.17) is 75.8 Å². The predicted molar refractivity (Wildman–Crippen MR) is 430 cm³/mol. The first-order valence-corrected chi connectivity index (χ1v) is 38.5. The third-order valence-corrected chi connectivity index (χ3v) is 18.4. The van der Waals surface area contributed by atoms with E-state index in [0.717, 1.165) is 0 Å². The van der Waals surface area contributed by atoms with E-state index >= 15 is 0 Å². The fraction of sp³-hybridized carbons (Fsp3) is 0.297. The monoisotopic (exact) mass is 1690 g/mol. The summed E-state index contributed by atoms with van der Waals surface area (Å²) in [6.07, 6.45) is 1.70. The van der Waals surface area contributed by atoms with Crippen LogP contribution in [0.5, 0.6) is 0 Å². The lowest BCUT2D eigenvalue weighted by atomic mass is 9.73. The Bertz CT molecular complexity index is 4670. The van der Waals surface area contributed by atoms with Gasteiger partial charge in [-0.1, -0.05) is 97.1 Å². The minimum absolute atomic E-state index is 0.0508. The molecule has 0 aliphatic carbocycles. The summed E-state index contributed by atoms with van der Waals surface area (Å²) in [4.78, 5) is 201. The average molecular weight is 1690 g/mol. The second-order valence-corrected chi connectivity index (χ2v) is 26.6. The summed E-state index contributed by atoms with van der Waals surface area (Å²) in [7, 11) is 0. The average Bonchev–Trinajstić information content (AvgIpc) is 0.807. The van der Waals surface area contributed by atoms with Crippen molar-refractivity contribution in [2.75, 3.05) is 139 Å². The summed E-state index contributed by atoms with van der Waals surface area (Å²) in [5.74, 6) is -11.5. The van der Waals surface area contributed by atoms with Gasteiger partial charge in [-0.2, -0.15) is 0 Å². The number of esters is 8. The molecule has 0 heterocycles. The number of rotatable bonds is 58. The van der Waals surface area contributed by atoms with Crippen molar-refractivity contribution in [2.24, 2.45) is 23.7 Å². The van der Waals surface area contributed by atoms with Gasteiger partial charge in [0.1, 0.15) is 103 Å². The molecule has 8 aromatic carbocycles. The van der Waals surface area contributed by atoms with Crippen molar-refractivity contribution < 1.29 is 153 Å². The number of hydrogen-bond donors (Lipinski definition) is 0. The van der Waals surface area contributed by atoms with Crippen LogP contribution in [0, 0.1) is 23.7 Å². The molecular weight excluding hydrogens is 1600 g/mol. The molecule has 0 aliphatic heterocycles. The highest BCUT2D eigenvalue weighted by atomic mass is 16.7. The van der Waals surface area contributed by atoms with E-state index in [1.807, 2.05) is 0 Å². The van der Waals surface area contributed by atoms with Crippen LogP contribution in [0.25, 0.3) is 0 Å². The van der Waals surface area contributed by atoms with Crippen LogP contribution in [0.2, 0.25) is 0 Å². The maximum Gasteiger partial charge on any atom is 0.338 e. The zero-order valence-electron chi connectivity index (χ0n) is 66.5. The Morgan fingerprint density at radius 1 is 0.187 bits per heavy atom. The summed E-state index contributed by atoms with van der Waals surface area (Å²) >= 11 is 0. The quantitative estimate of drug-likeness (QED) is 0.0112. The number of aldehydes is 8. The van der Waals surface area contributed by atoms with E-state index in [9.17, 15) is 76.7 Å². The lowest BCUT2D eigenvalue weighted by Crippen LogP contribution is -2.49. The largest absolute Gasteiger partial charge is 0.460 e. The highest BCUT2D eigenvalue weighted by molar-refractivity contribution is 5.95. The Hall–Kier alpha value is -13.4. The second kappa shape index (κ2) is 53.3. The Balaban J connectivity index is 1.26. The minimum atomic E-state index is -1.66. The first-order valence-electron chi connectivity index (χ1n) is 38.5. The number of carbonyl (C=O) groups is 16. The molecule has 0 spiro atoms. The number of hydrogen-bond acceptors (Lipinski definition) is 32. The minimum Gasteiger partial charge on any atom is -0.460 e. The molecule has 8 rings (SSSR count). The van der Waals surface area contributed by atoms with E-state index < -0.39 is 183 Å². The third kappa shape index (κ3) is 32.2. The van der Waals surface area contributed by atoms with Crippen molar-refractivity contribution in [3.05, 3.63) is 283 Å². The molecule has 0 amide bonds. The van der Waals surface area contributed by atoms with E-state index in [2.05, 4.69) is 0 Å². The summed E-state index contributed by atoms with van der Waals surface area (Å²) in [5, 5.41) is 0. The van der Waals surface area contributed by atoms with Gasteiger partial charge in [-0.25, -0.2) is 38.4 Å². The molecule has 32 nitrogen and oxygen atoms in total. The molecule has 5 atom stereocenters. The molecule has 644 valence electrons. The number of benzene rings is 8. The molecule has 8 aromatic rings. The molecule has 0 radical (unpaired) electrons. The standard InChI is InChI=1S/C91H88O32/c92-49-62-1-17-70(18-2-62)83(100)114-38-33-108-57-78(80(59-110-35-40-116-85(102)72-21-5-64(51-94)6-22-72)82(113-43-44-119-88(105)75-27-11-67(54-97)12-28-75)61-112-37-42-118-87(104)74-25-9-66(53-96)10-26-74)79(58-109-34-39-115-84(101)71-19-3-63(50-93)4-20-71)81(60-111-36-41-117-86(103)73-23-7-65(52-95)8-24-73)91(122-47-45-120-89(106)76-29-13-68(55-98)14-30-76)123-48-46-121-90(107)77-31-15-69(56-99)16-32-77/h1-32,49-56,78-82,91H,33-48,57-61H2. The molecule has 5 unspecified atom stereocenters. The van der Waals surface area contributed by atoms with Gasteiger partial charge in [0.05, 0.1) is 137 Å². The van der Waals surface area contributed by atoms with Crippen molar-refractivity contribution in [2.45, 2.75) is 12.4 Å². The molecule has 0 aliphatic rings. The molecule has 0 aromatic heterocycles. The van der Waals surface area contributed by atoms with Crippen LogP contribution in [0.15, 0.2) is 194 Å². The van der Waals surface area contributed by atoms with Gasteiger partial charge in [0.25, 0.3) is 0 Å².